The predicted molar refractivity (Wildman–Crippen MR) is 123 cm³/mol. The van der Waals surface area contributed by atoms with Crippen LogP contribution >= 0.6 is 0 Å². The minimum atomic E-state index is -1.41. The summed E-state index contributed by atoms with van der Waals surface area (Å²) in [4.78, 5) is 37.9. The number of hydrogen-bond acceptors (Lipinski definition) is 10. The van der Waals surface area contributed by atoms with Crippen molar-refractivity contribution >= 4 is 17.9 Å². The van der Waals surface area contributed by atoms with Crippen molar-refractivity contribution in [3.63, 3.8) is 0 Å². The minimum Gasteiger partial charge on any atom is -0.493 e. The zero-order chi connectivity index (χ0) is 26.0. The summed E-state index contributed by atoms with van der Waals surface area (Å²) in [5, 5.41) is 21.0. The van der Waals surface area contributed by atoms with Crippen molar-refractivity contribution in [2.45, 2.75) is 67.9 Å². The zero-order valence-corrected chi connectivity index (χ0v) is 20.4. The Morgan fingerprint density at radius 1 is 1.31 bits per heavy atom. The van der Waals surface area contributed by atoms with Crippen LogP contribution in [-0.2, 0) is 35.7 Å². The van der Waals surface area contributed by atoms with Crippen LogP contribution in [0.1, 0.15) is 37.3 Å². The molecule has 0 saturated carbocycles. The van der Waals surface area contributed by atoms with Crippen molar-refractivity contribution in [2.24, 2.45) is 5.73 Å². The van der Waals surface area contributed by atoms with Gasteiger partial charge in [0.15, 0.2) is 23.7 Å². The molecule has 2 bridgehead atoms. The van der Waals surface area contributed by atoms with Crippen LogP contribution in [-0.4, -0.2) is 83.6 Å². The van der Waals surface area contributed by atoms with Crippen molar-refractivity contribution < 1.29 is 43.5 Å². The molecule has 2 aliphatic heterocycles. The van der Waals surface area contributed by atoms with E-state index in [0.29, 0.717) is 24.3 Å². The first-order valence-electron chi connectivity index (χ1n) is 11.9. The number of likely N-dealkylation sites (tertiary alicyclic amines) is 1. The number of nitrogens with zero attached hydrogens (tertiary/aromatic N) is 1. The van der Waals surface area contributed by atoms with Gasteiger partial charge in [-0.3, -0.25) is 9.59 Å². The Hall–Kier alpha value is -3.15. The molecule has 1 aromatic carbocycles. The number of carboxylic acids is 1. The van der Waals surface area contributed by atoms with Crippen LogP contribution in [0.4, 0.5) is 0 Å². The standard InChI is InChI=1S/C25H30N2O9/c1-12(34-23(31)14(26)11-18(28)29)22(30)35-16-6-7-25(32)17-10-13-4-5-15(33-3)20-19(13)24(25,21(16)36-20)8-9-27(17)2/h4-6,12,14,17,21,32H,7-11,26H2,1-3H3,(H,28,29)/t12-,14-,17-,21+,24+,25-/m0/s1. The van der Waals surface area contributed by atoms with Gasteiger partial charge in [-0.2, -0.15) is 0 Å². The molecule has 2 aliphatic carbocycles. The Kier molecular flexibility index (Phi) is 5.77. The van der Waals surface area contributed by atoms with Crippen LogP contribution in [0, 0.1) is 0 Å². The number of rotatable bonds is 7. The maximum Gasteiger partial charge on any atom is 0.352 e. The molecular weight excluding hydrogens is 472 g/mol. The van der Waals surface area contributed by atoms with E-state index in [-0.39, 0.29) is 18.2 Å². The third-order valence-electron chi connectivity index (χ3n) is 8.10. The highest BCUT2D eigenvalue weighted by atomic mass is 16.6. The number of methoxy groups -OCH3 is 1. The number of hydrogen-bond donors (Lipinski definition) is 3. The third-order valence-corrected chi connectivity index (χ3v) is 8.10. The highest BCUT2D eigenvalue weighted by Crippen LogP contribution is 2.65. The summed E-state index contributed by atoms with van der Waals surface area (Å²) in [6.45, 7) is 2.04. The molecule has 36 heavy (non-hydrogen) atoms. The largest absolute Gasteiger partial charge is 0.493 e. The van der Waals surface area contributed by atoms with E-state index in [1.165, 1.54) is 6.92 Å². The van der Waals surface area contributed by atoms with Gasteiger partial charge in [-0.05, 0) is 51.1 Å². The molecule has 0 unspecified atom stereocenters. The molecule has 2 heterocycles. The highest BCUT2D eigenvalue weighted by Gasteiger charge is 2.72. The molecule has 4 N–H and O–H groups in total. The first kappa shape index (κ1) is 24.5. The van der Waals surface area contributed by atoms with Crippen LogP contribution in [0.15, 0.2) is 24.0 Å². The van der Waals surface area contributed by atoms with E-state index in [0.717, 1.165) is 17.7 Å². The van der Waals surface area contributed by atoms with Crippen LogP contribution < -0.4 is 15.2 Å². The second-order valence-electron chi connectivity index (χ2n) is 9.99. The molecule has 5 rings (SSSR count). The topological polar surface area (TPSA) is 158 Å². The number of piperidine rings is 1. The summed E-state index contributed by atoms with van der Waals surface area (Å²) in [5.41, 5.74) is 5.52. The van der Waals surface area contributed by atoms with Gasteiger partial charge in [-0.25, -0.2) is 4.79 Å². The number of aliphatic hydroxyl groups is 1. The first-order chi connectivity index (χ1) is 17.0. The molecule has 0 radical (unpaired) electrons. The van der Waals surface area contributed by atoms with Gasteiger partial charge in [0.05, 0.1) is 24.5 Å². The molecular formula is C25H30N2O9. The lowest BCUT2D eigenvalue weighted by Crippen LogP contribution is -2.74. The van der Waals surface area contributed by atoms with Crippen molar-refractivity contribution in [1.82, 2.24) is 4.90 Å². The van der Waals surface area contributed by atoms with Gasteiger partial charge in [0, 0.05) is 18.0 Å². The third kappa shape index (κ3) is 3.33. The van der Waals surface area contributed by atoms with E-state index < -0.39 is 53.6 Å². The molecule has 4 aliphatic rings. The second kappa shape index (κ2) is 8.46. The summed E-state index contributed by atoms with van der Waals surface area (Å²) >= 11 is 0. The van der Waals surface area contributed by atoms with Gasteiger partial charge in [-0.15, -0.1) is 0 Å². The summed E-state index contributed by atoms with van der Waals surface area (Å²) in [6, 6.07) is 2.30. The first-order valence-corrected chi connectivity index (χ1v) is 11.9. The van der Waals surface area contributed by atoms with Crippen LogP contribution in [0.3, 0.4) is 0 Å². The van der Waals surface area contributed by atoms with Gasteiger partial charge in [-0.1, -0.05) is 6.07 Å². The lowest BCUT2D eigenvalue weighted by atomic mass is 9.50. The smallest absolute Gasteiger partial charge is 0.352 e. The highest BCUT2D eigenvalue weighted by molar-refractivity contribution is 5.85. The number of benzene rings is 1. The number of carboxylic acid groups (broad SMARTS) is 1. The van der Waals surface area contributed by atoms with E-state index in [4.69, 9.17) is 29.8 Å². The van der Waals surface area contributed by atoms with Crippen LogP contribution in [0.25, 0.3) is 0 Å². The lowest BCUT2D eigenvalue weighted by molar-refractivity contribution is -0.176. The Morgan fingerprint density at radius 2 is 2.06 bits per heavy atom. The van der Waals surface area contributed by atoms with E-state index in [9.17, 15) is 19.5 Å². The number of nitrogens with two attached hydrogens (primary N) is 1. The fraction of sp³-hybridized carbons (Fsp3) is 0.560. The van der Waals surface area contributed by atoms with Crippen molar-refractivity contribution in [1.29, 1.82) is 0 Å². The monoisotopic (exact) mass is 502 g/mol. The summed E-state index contributed by atoms with van der Waals surface area (Å²) in [6.07, 6.45) is 0.419. The maximum absolute atomic E-state index is 12.9. The zero-order valence-electron chi connectivity index (χ0n) is 20.4. The number of esters is 2. The van der Waals surface area contributed by atoms with Gasteiger partial charge in [0.25, 0.3) is 0 Å². The van der Waals surface area contributed by atoms with Crippen molar-refractivity contribution in [2.75, 3.05) is 20.7 Å². The fourth-order valence-corrected chi connectivity index (χ4v) is 6.37. The van der Waals surface area contributed by atoms with Gasteiger partial charge in [0.1, 0.15) is 11.8 Å². The normalized spacial score (nSPS) is 31.3. The lowest BCUT2D eigenvalue weighted by Gasteiger charge is -2.61. The Labute approximate surface area is 207 Å². The number of likely N-dealkylation sites (N-methyl/N-ethyl adjacent to an activating group) is 1. The molecule has 194 valence electrons. The van der Waals surface area contributed by atoms with E-state index in [1.807, 2.05) is 19.2 Å². The van der Waals surface area contributed by atoms with Gasteiger partial charge < -0.3 is 39.8 Å². The van der Waals surface area contributed by atoms with Crippen LogP contribution in [0.5, 0.6) is 11.5 Å². The second-order valence-corrected chi connectivity index (χ2v) is 9.99. The number of carbonyl (C=O) groups excluding carboxylic acids is 2. The summed E-state index contributed by atoms with van der Waals surface area (Å²) in [5.74, 6) is -1.81. The Balaban J connectivity index is 1.45. The number of aliphatic carboxylic acids is 1. The molecule has 6 atom stereocenters. The molecule has 0 aromatic heterocycles. The molecule has 1 saturated heterocycles. The SMILES string of the molecule is COc1ccc2c3c1O[C@@H]1C(OC(=O)[C@H](C)OC(=O)[C@@H](N)CC(=O)O)=CC[C@]4(O)[C@H](C2)N(C)CC[C@@]314. The van der Waals surface area contributed by atoms with Crippen LogP contribution in [0.2, 0.25) is 0 Å². The predicted octanol–water partition coefficient (Wildman–Crippen LogP) is 0.250. The number of ether oxygens (including phenoxy) is 4. The Bertz CT molecular complexity index is 1170. The van der Waals surface area contributed by atoms with Crippen molar-refractivity contribution in [3.05, 3.63) is 35.1 Å². The molecule has 11 heteroatoms. The van der Waals surface area contributed by atoms with E-state index in [2.05, 4.69) is 4.90 Å². The maximum atomic E-state index is 12.9. The molecule has 1 aromatic rings. The Morgan fingerprint density at radius 3 is 2.75 bits per heavy atom. The molecule has 1 spiro atoms. The van der Waals surface area contributed by atoms with E-state index >= 15 is 0 Å². The van der Waals surface area contributed by atoms with E-state index in [1.54, 1.807) is 13.2 Å². The summed E-state index contributed by atoms with van der Waals surface area (Å²) in [7, 11) is 3.55. The fourth-order valence-electron chi connectivity index (χ4n) is 6.37. The van der Waals surface area contributed by atoms with Gasteiger partial charge >= 0.3 is 17.9 Å². The molecule has 1 fully saturated rings. The number of carbonyl (C=O) groups is 3. The van der Waals surface area contributed by atoms with Gasteiger partial charge in [0.2, 0.25) is 0 Å². The minimum absolute atomic E-state index is 0.145. The molecule has 0 amide bonds. The average Bonchev–Trinajstić information content (AvgIpc) is 3.18. The quantitative estimate of drug-likeness (QED) is 0.439. The van der Waals surface area contributed by atoms with Crippen molar-refractivity contribution in [3.8, 4) is 11.5 Å². The average molecular weight is 503 g/mol. The molecule has 11 nitrogen and oxygen atoms in total. The summed E-state index contributed by atoms with van der Waals surface area (Å²) < 4.78 is 22.7.